The molecule has 4 N–H and O–H groups in total. The van der Waals surface area contributed by atoms with E-state index >= 15 is 0 Å². The highest BCUT2D eigenvalue weighted by molar-refractivity contribution is 7.95. The number of carbonyl (C=O) groups is 1. The lowest BCUT2D eigenvalue weighted by Crippen LogP contribution is -2.46. The molecule has 2 aromatic rings. The average molecular weight is 533 g/mol. The molecule has 0 unspecified atom stereocenters. The Morgan fingerprint density at radius 1 is 1.31 bits per heavy atom. The van der Waals surface area contributed by atoms with Crippen LogP contribution < -0.4 is 15.4 Å². The fourth-order valence-corrected chi connectivity index (χ4v) is 4.46. The molecule has 0 spiro atoms. The van der Waals surface area contributed by atoms with Crippen LogP contribution in [0.1, 0.15) is 25.3 Å². The number of amides is 1. The highest BCUT2D eigenvalue weighted by Crippen LogP contribution is 2.37. The van der Waals surface area contributed by atoms with Crippen LogP contribution in [0.2, 0.25) is 0 Å². The summed E-state index contributed by atoms with van der Waals surface area (Å²) in [6, 6.07) is 2.44. The number of sulfonamides is 1. The van der Waals surface area contributed by atoms with Gasteiger partial charge in [0.25, 0.3) is 10.0 Å². The Morgan fingerprint density at radius 3 is 2.72 bits per heavy atom. The highest BCUT2D eigenvalue weighted by Gasteiger charge is 2.36. The minimum atomic E-state index is -4.86. The number of hydrogen-bond donors (Lipinski definition) is 4. The Balaban J connectivity index is 1.93. The number of nitrogens with zero attached hydrogens (tertiary/aromatic N) is 3. The van der Waals surface area contributed by atoms with E-state index in [0.717, 1.165) is 23.6 Å². The van der Waals surface area contributed by atoms with E-state index in [1.165, 1.54) is 17.9 Å². The Kier molecular flexibility index (Phi) is 8.35. The predicted octanol–water partition coefficient (Wildman–Crippen LogP) is 3.05. The molecule has 36 heavy (non-hydrogen) atoms. The van der Waals surface area contributed by atoms with Crippen LogP contribution in [0.5, 0.6) is 0 Å². The van der Waals surface area contributed by atoms with Crippen molar-refractivity contribution in [2.75, 3.05) is 35.1 Å². The van der Waals surface area contributed by atoms with Gasteiger partial charge in [-0.1, -0.05) is 6.08 Å². The number of aliphatic hydroxyl groups excluding tert-OH is 1. The lowest BCUT2D eigenvalue weighted by molar-refractivity contribution is -0.137. The van der Waals surface area contributed by atoms with Gasteiger partial charge in [-0.25, -0.2) is 17.8 Å². The van der Waals surface area contributed by atoms with Crippen LogP contribution in [-0.4, -0.2) is 60.0 Å². The normalized spacial score (nSPS) is 16.7. The minimum Gasteiger partial charge on any atom is -0.387 e. The van der Waals surface area contributed by atoms with Gasteiger partial charge < -0.3 is 20.6 Å². The van der Waals surface area contributed by atoms with Crippen molar-refractivity contribution in [2.24, 2.45) is 0 Å². The molecule has 1 aliphatic heterocycles. The first-order valence-electron chi connectivity index (χ1n) is 10.7. The zero-order valence-electron chi connectivity index (χ0n) is 19.0. The maximum Gasteiger partial charge on any atom is 0.421 e. The van der Waals surface area contributed by atoms with Gasteiger partial charge in [-0.15, -0.1) is 0 Å². The molecule has 15 heteroatoms. The van der Waals surface area contributed by atoms with Gasteiger partial charge in [-0.2, -0.15) is 18.2 Å². The fourth-order valence-electron chi connectivity index (χ4n) is 3.56. The molecule has 0 saturated carbocycles. The molecular weight excluding hydrogens is 508 g/mol. The smallest absolute Gasteiger partial charge is 0.387 e. The first-order valence-corrected chi connectivity index (χ1v) is 12.3. The van der Waals surface area contributed by atoms with Crippen molar-refractivity contribution >= 4 is 39.1 Å². The van der Waals surface area contributed by atoms with E-state index in [-0.39, 0.29) is 29.9 Å². The fraction of sp³-hybridized carbons (Fsp3) is 0.381. The predicted molar refractivity (Wildman–Crippen MR) is 124 cm³/mol. The zero-order valence-corrected chi connectivity index (χ0v) is 19.8. The van der Waals surface area contributed by atoms with Gasteiger partial charge in [0.05, 0.1) is 11.4 Å². The molecule has 0 radical (unpaired) electrons. The van der Waals surface area contributed by atoms with Crippen LogP contribution in [0, 0.1) is 5.82 Å². The highest BCUT2D eigenvalue weighted by atomic mass is 32.2. The number of rotatable bonds is 8. The average Bonchev–Trinajstić information content (AvgIpc) is 2.79. The summed E-state index contributed by atoms with van der Waals surface area (Å²) in [6.45, 7) is 1.42. The number of nitrogens with one attached hydrogen (secondary N) is 3. The van der Waals surface area contributed by atoms with E-state index in [1.807, 2.05) is 0 Å². The molecule has 3 rings (SSSR count). The molecule has 1 amide bonds. The molecule has 0 bridgehead atoms. The van der Waals surface area contributed by atoms with Crippen LogP contribution in [0.3, 0.4) is 0 Å². The van der Waals surface area contributed by atoms with E-state index in [9.17, 15) is 30.8 Å². The summed E-state index contributed by atoms with van der Waals surface area (Å²) in [7, 11) is -4.05. The third-order valence-corrected chi connectivity index (χ3v) is 6.27. The number of hydrogen-bond acceptors (Lipinski definition) is 8. The lowest BCUT2D eigenvalue weighted by atomic mass is 10.1. The second-order valence-corrected chi connectivity index (χ2v) is 9.43. The molecule has 2 heterocycles. The van der Waals surface area contributed by atoms with Gasteiger partial charge in [0.1, 0.15) is 23.8 Å². The van der Waals surface area contributed by atoms with Crippen LogP contribution in [-0.2, 0) is 21.0 Å². The molecule has 1 saturated heterocycles. The van der Waals surface area contributed by atoms with Crippen molar-refractivity contribution in [3.8, 4) is 0 Å². The number of aliphatic hydroxyl groups is 1. The number of piperidine rings is 1. The third kappa shape index (κ3) is 7.04. The number of allylic oxidation sites excluding steroid dienone is 1. The first kappa shape index (κ1) is 27.1. The first-order chi connectivity index (χ1) is 16.9. The summed E-state index contributed by atoms with van der Waals surface area (Å²) >= 11 is 0. The van der Waals surface area contributed by atoms with Crippen LogP contribution in [0.4, 0.5) is 40.7 Å². The van der Waals surface area contributed by atoms with E-state index < -0.39 is 45.9 Å². The molecule has 1 aliphatic rings. The van der Waals surface area contributed by atoms with Crippen molar-refractivity contribution in [2.45, 2.75) is 32.0 Å². The van der Waals surface area contributed by atoms with Crippen molar-refractivity contribution in [3.05, 3.63) is 47.3 Å². The van der Waals surface area contributed by atoms with Gasteiger partial charge in [-0.3, -0.25) is 9.52 Å². The topological polar surface area (TPSA) is 137 Å². The summed E-state index contributed by atoms with van der Waals surface area (Å²) in [5, 5.41) is 15.2. The van der Waals surface area contributed by atoms with Gasteiger partial charge in [0, 0.05) is 36.8 Å². The molecule has 1 fully saturated rings. The van der Waals surface area contributed by atoms with Crippen molar-refractivity contribution in [1.29, 1.82) is 0 Å². The van der Waals surface area contributed by atoms with Crippen LogP contribution in [0.15, 0.2) is 35.9 Å². The van der Waals surface area contributed by atoms with Gasteiger partial charge >= 0.3 is 6.18 Å². The number of anilines is 4. The lowest BCUT2D eigenvalue weighted by Gasteiger charge is -2.32. The summed E-state index contributed by atoms with van der Waals surface area (Å²) in [5.74, 6) is -2.16. The summed E-state index contributed by atoms with van der Waals surface area (Å²) in [6.07, 6.45) is -1.90. The van der Waals surface area contributed by atoms with E-state index in [4.69, 9.17) is 5.11 Å². The largest absolute Gasteiger partial charge is 0.421 e. The van der Waals surface area contributed by atoms with Crippen molar-refractivity contribution in [1.82, 2.24) is 14.9 Å². The zero-order chi connectivity index (χ0) is 26.5. The number of benzene rings is 1. The maximum absolute atomic E-state index is 13.8. The molecule has 196 valence electrons. The monoisotopic (exact) mass is 532 g/mol. The van der Waals surface area contributed by atoms with E-state index in [0.29, 0.717) is 25.6 Å². The summed E-state index contributed by atoms with van der Waals surface area (Å²) in [4.78, 5) is 20.9. The van der Waals surface area contributed by atoms with Gasteiger partial charge in [0.2, 0.25) is 11.9 Å². The SMILES string of the molecule is CC=CS(=O)(=O)Nc1cc(F)ccc1Nc1nc(N[C@H]2CCCN(C(=O)CO)C2)ncc1C(F)(F)F. The minimum absolute atomic E-state index is 0.174. The number of carbonyl (C=O) groups excluding carboxylic acids is 1. The number of halogens is 4. The van der Waals surface area contributed by atoms with E-state index in [2.05, 4.69) is 25.3 Å². The van der Waals surface area contributed by atoms with Gasteiger partial charge in [-0.05, 0) is 31.9 Å². The van der Waals surface area contributed by atoms with Crippen LogP contribution in [0.25, 0.3) is 0 Å². The molecule has 1 aromatic carbocycles. The second kappa shape index (κ2) is 11.1. The van der Waals surface area contributed by atoms with Gasteiger partial charge in [0.15, 0.2) is 0 Å². The van der Waals surface area contributed by atoms with Crippen molar-refractivity contribution < 1.29 is 35.9 Å². The Bertz CT molecular complexity index is 1240. The quantitative estimate of drug-likeness (QED) is 0.381. The third-order valence-electron chi connectivity index (χ3n) is 5.14. The summed E-state index contributed by atoms with van der Waals surface area (Å²) < 4.78 is 81.1. The molecular formula is C21H24F4N6O4S. The maximum atomic E-state index is 13.8. The Hall–Kier alpha value is -3.46. The Labute approximate surface area is 204 Å². The molecule has 10 nitrogen and oxygen atoms in total. The number of alkyl halides is 3. The number of aromatic nitrogens is 2. The number of likely N-dealkylation sites (tertiary alicyclic amines) is 1. The van der Waals surface area contributed by atoms with E-state index in [1.54, 1.807) is 0 Å². The van der Waals surface area contributed by atoms with Crippen molar-refractivity contribution in [3.63, 3.8) is 0 Å². The summed E-state index contributed by atoms with van der Waals surface area (Å²) in [5.41, 5.74) is -1.75. The second-order valence-electron chi connectivity index (χ2n) is 7.87. The Morgan fingerprint density at radius 2 is 2.06 bits per heavy atom. The molecule has 1 atom stereocenters. The van der Waals surface area contributed by atoms with Crippen LogP contribution >= 0.6 is 0 Å². The molecule has 0 aliphatic carbocycles. The standard InChI is InChI=1S/C21H24F4N6O4S/c1-2-8-36(34,35)30-17-9-13(22)5-6-16(17)28-19-15(21(23,24)25)10-26-20(29-19)27-14-4-3-7-31(11-14)18(33)12-32/h2,5-6,8-10,14,30,32H,3-4,7,11-12H2,1H3,(H2,26,27,28,29)/t14-/m0/s1. The molecule has 1 aromatic heterocycles.